The highest BCUT2D eigenvalue weighted by Gasteiger charge is 2.42. The van der Waals surface area contributed by atoms with Crippen LogP contribution in [0.1, 0.15) is 18.4 Å². The fourth-order valence-electron chi connectivity index (χ4n) is 3.05. The summed E-state index contributed by atoms with van der Waals surface area (Å²) in [6.07, 6.45) is 2.10. The first-order chi connectivity index (χ1) is 9.27. The minimum absolute atomic E-state index is 0.173. The van der Waals surface area contributed by atoms with Gasteiger partial charge in [-0.2, -0.15) is 0 Å². The summed E-state index contributed by atoms with van der Waals surface area (Å²) < 4.78 is 5.38. The van der Waals surface area contributed by atoms with Gasteiger partial charge in [0.1, 0.15) is 6.61 Å². The SMILES string of the molecule is O=C(OCc1ccccc1)N1CCC2(CCNC2)C1. The summed E-state index contributed by atoms with van der Waals surface area (Å²) in [7, 11) is 0. The van der Waals surface area contributed by atoms with Gasteiger partial charge in [0.15, 0.2) is 0 Å². The van der Waals surface area contributed by atoms with Crippen molar-refractivity contribution in [2.24, 2.45) is 5.41 Å². The van der Waals surface area contributed by atoms with Crippen molar-refractivity contribution in [3.63, 3.8) is 0 Å². The molecule has 2 saturated heterocycles. The largest absolute Gasteiger partial charge is 0.445 e. The number of amides is 1. The number of ether oxygens (including phenoxy) is 1. The van der Waals surface area contributed by atoms with E-state index in [0.29, 0.717) is 12.0 Å². The van der Waals surface area contributed by atoms with Crippen LogP contribution in [0.3, 0.4) is 0 Å². The average molecular weight is 260 g/mol. The van der Waals surface area contributed by atoms with Crippen molar-refractivity contribution in [2.75, 3.05) is 26.2 Å². The Morgan fingerprint density at radius 1 is 1.32 bits per heavy atom. The normalized spacial score (nSPS) is 26.0. The van der Waals surface area contributed by atoms with Gasteiger partial charge in [-0.1, -0.05) is 30.3 Å². The monoisotopic (exact) mass is 260 g/mol. The molecule has 0 aliphatic carbocycles. The molecule has 4 nitrogen and oxygen atoms in total. The van der Waals surface area contributed by atoms with E-state index in [2.05, 4.69) is 5.32 Å². The van der Waals surface area contributed by atoms with Crippen molar-refractivity contribution in [3.05, 3.63) is 35.9 Å². The Labute approximate surface area is 113 Å². The van der Waals surface area contributed by atoms with Gasteiger partial charge >= 0.3 is 6.09 Å². The molecule has 1 amide bonds. The lowest BCUT2D eigenvalue weighted by molar-refractivity contribution is 0.100. The second-order valence-corrected chi connectivity index (χ2v) is 5.64. The Bertz CT molecular complexity index is 441. The van der Waals surface area contributed by atoms with Crippen LogP contribution in [-0.4, -0.2) is 37.2 Å². The molecule has 0 saturated carbocycles. The average Bonchev–Trinajstić information content (AvgIpc) is 3.08. The third kappa shape index (κ3) is 2.73. The van der Waals surface area contributed by atoms with E-state index in [1.54, 1.807) is 0 Å². The fraction of sp³-hybridized carbons (Fsp3) is 0.533. The molecule has 0 radical (unpaired) electrons. The molecule has 102 valence electrons. The Morgan fingerprint density at radius 3 is 2.89 bits per heavy atom. The molecule has 2 aliphatic rings. The summed E-state index contributed by atoms with van der Waals surface area (Å²) in [5, 5.41) is 3.39. The smallest absolute Gasteiger partial charge is 0.410 e. The Hall–Kier alpha value is -1.55. The molecule has 1 aromatic rings. The van der Waals surface area contributed by atoms with Gasteiger partial charge in [-0.3, -0.25) is 0 Å². The number of nitrogens with zero attached hydrogens (tertiary/aromatic N) is 1. The quantitative estimate of drug-likeness (QED) is 0.884. The first-order valence-corrected chi connectivity index (χ1v) is 6.94. The number of carbonyl (C=O) groups is 1. The van der Waals surface area contributed by atoms with Crippen molar-refractivity contribution in [3.8, 4) is 0 Å². The van der Waals surface area contributed by atoms with Crippen molar-refractivity contribution >= 4 is 6.09 Å². The van der Waals surface area contributed by atoms with E-state index in [0.717, 1.165) is 38.2 Å². The van der Waals surface area contributed by atoms with Gasteiger partial charge < -0.3 is 15.0 Å². The second-order valence-electron chi connectivity index (χ2n) is 5.64. The third-order valence-electron chi connectivity index (χ3n) is 4.23. The number of likely N-dealkylation sites (tertiary alicyclic amines) is 1. The summed E-state index contributed by atoms with van der Waals surface area (Å²) in [4.78, 5) is 13.9. The highest BCUT2D eigenvalue weighted by molar-refractivity contribution is 5.68. The maximum atomic E-state index is 12.0. The first kappa shape index (κ1) is 12.5. The molecule has 0 aromatic heterocycles. The summed E-state index contributed by atoms with van der Waals surface area (Å²) in [6, 6.07) is 9.82. The predicted molar refractivity (Wildman–Crippen MR) is 72.7 cm³/mol. The molecule has 3 rings (SSSR count). The number of carbonyl (C=O) groups excluding carboxylic acids is 1. The minimum Gasteiger partial charge on any atom is -0.445 e. The first-order valence-electron chi connectivity index (χ1n) is 6.94. The number of rotatable bonds is 2. The molecule has 1 atom stereocenters. The zero-order valence-electron chi connectivity index (χ0n) is 11.1. The van der Waals surface area contributed by atoms with Crippen LogP contribution >= 0.6 is 0 Å². The van der Waals surface area contributed by atoms with Gasteiger partial charge in [0.25, 0.3) is 0 Å². The minimum atomic E-state index is -0.173. The van der Waals surface area contributed by atoms with E-state index >= 15 is 0 Å². The Morgan fingerprint density at radius 2 is 2.16 bits per heavy atom. The lowest BCUT2D eigenvalue weighted by atomic mass is 9.87. The molecular formula is C15H20N2O2. The molecule has 1 spiro atoms. The van der Waals surface area contributed by atoms with Crippen LogP contribution in [0.25, 0.3) is 0 Å². The zero-order valence-corrected chi connectivity index (χ0v) is 11.1. The van der Waals surface area contributed by atoms with Gasteiger partial charge in [-0.25, -0.2) is 4.79 Å². The highest BCUT2D eigenvalue weighted by Crippen LogP contribution is 2.36. The van der Waals surface area contributed by atoms with E-state index in [4.69, 9.17) is 4.74 Å². The van der Waals surface area contributed by atoms with Gasteiger partial charge in [-0.05, 0) is 24.9 Å². The van der Waals surface area contributed by atoms with E-state index in [1.807, 2.05) is 35.2 Å². The van der Waals surface area contributed by atoms with Crippen molar-refractivity contribution in [2.45, 2.75) is 19.4 Å². The molecule has 2 heterocycles. The van der Waals surface area contributed by atoms with Gasteiger partial charge in [0, 0.05) is 25.0 Å². The summed E-state index contributed by atoms with van der Waals surface area (Å²) in [6.45, 7) is 4.15. The third-order valence-corrected chi connectivity index (χ3v) is 4.23. The zero-order chi connectivity index (χ0) is 13.1. The topological polar surface area (TPSA) is 41.6 Å². The number of hydrogen-bond donors (Lipinski definition) is 1. The van der Waals surface area contributed by atoms with Crippen molar-refractivity contribution in [1.29, 1.82) is 0 Å². The Kier molecular flexibility index (Phi) is 3.42. The van der Waals surface area contributed by atoms with E-state index in [9.17, 15) is 4.79 Å². The summed E-state index contributed by atoms with van der Waals surface area (Å²) >= 11 is 0. The van der Waals surface area contributed by atoms with Crippen LogP contribution in [0.2, 0.25) is 0 Å². The van der Waals surface area contributed by atoms with E-state index < -0.39 is 0 Å². The van der Waals surface area contributed by atoms with Crippen LogP contribution < -0.4 is 5.32 Å². The number of nitrogens with one attached hydrogen (secondary N) is 1. The molecule has 1 aromatic carbocycles. The predicted octanol–water partition coefficient (Wildman–Crippen LogP) is 2.01. The van der Waals surface area contributed by atoms with Crippen LogP contribution in [-0.2, 0) is 11.3 Å². The molecule has 2 aliphatic heterocycles. The standard InChI is InChI=1S/C15H20N2O2/c18-14(19-10-13-4-2-1-3-5-13)17-9-7-15(12-17)6-8-16-11-15/h1-5,16H,6-12H2. The summed E-state index contributed by atoms with van der Waals surface area (Å²) in [5.74, 6) is 0. The molecule has 2 fully saturated rings. The van der Waals surface area contributed by atoms with Crippen LogP contribution in [0, 0.1) is 5.41 Å². The summed E-state index contributed by atoms with van der Waals surface area (Å²) in [5.41, 5.74) is 1.35. The Balaban J connectivity index is 1.51. The number of hydrogen-bond acceptors (Lipinski definition) is 3. The molecule has 1 N–H and O–H groups in total. The van der Waals surface area contributed by atoms with Crippen LogP contribution in [0.5, 0.6) is 0 Å². The molecule has 1 unspecified atom stereocenters. The molecule has 19 heavy (non-hydrogen) atoms. The lowest BCUT2D eigenvalue weighted by Gasteiger charge is -2.22. The maximum absolute atomic E-state index is 12.0. The number of benzene rings is 1. The van der Waals surface area contributed by atoms with Crippen molar-refractivity contribution < 1.29 is 9.53 Å². The molecule has 4 heteroatoms. The second kappa shape index (κ2) is 5.21. The lowest BCUT2D eigenvalue weighted by Crippen LogP contribution is -2.33. The van der Waals surface area contributed by atoms with E-state index in [1.165, 1.54) is 6.42 Å². The van der Waals surface area contributed by atoms with E-state index in [-0.39, 0.29) is 6.09 Å². The highest BCUT2D eigenvalue weighted by atomic mass is 16.6. The van der Waals surface area contributed by atoms with Gasteiger partial charge in [0.2, 0.25) is 0 Å². The maximum Gasteiger partial charge on any atom is 0.410 e. The fourth-order valence-corrected chi connectivity index (χ4v) is 3.05. The molecular weight excluding hydrogens is 240 g/mol. The van der Waals surface area contributed by atoms with Gasteiger partial charge in [0.05, 0.1) is 0 Å². The van der Waals surface area contributed by atoms with Gasteiger partial charge in [-0.15, -0.1) is 0 Å². The van der Waals surface area contributed by atoms with Crippen LogP contribution in [0.15, 0.2) is 30.3 Å². The van der Waals surface area contributed by atoms with Crippen LogP contribution in [0.4, 0.5) is 4.79 Å². The van der Waals surface area contributed by atoms with Crippen molar-refractivity contribution in [1.82, 2.24) is 10.2 Å². The molecule has 0 bridgehead atoms.